The first kappa shape index (κ1) is 9.01. The second-order valence-electron chi connectivity index (χ2n) is 3.41. The van der Waals surface area contributed by atoms with Crippen molar-refractivity contribution in [1.82, 2.24) is 10.2 Å². The Kier molecular flexibility index (Phi) is 2.90. The van der Waals surface area contributed by atoms with Crippen LogP contribution in [0.1, 0.15) is 22.2 Å². The molecule has 0 amide bonds. The van der Waals surface area contributed by atoms with Crippen LogP contribution in [-0.2, 0) is 0 Å². The molecular formula is C9H22N2. The Bertz CT molecular complexity index is 116. The number of hydrogen-bond donors (Lipinski definition) is 1. The van der Waals surface area contributed by atoms with Gasteiger partial charge in [0, 0.05) is 33.0 Å². The van der Waals surface area contributed by atoms with Crippen LogP contribution in [0, 0.1) is 5.41 Å². The maximum atomic E-state index is 3.32. The SMILES string of the molecule is CC.CCN1CC2(CNC2)C1.[HH]. The van der Waals surface area contributed by atoms with Crippen molar-refractivity contribution in [2.45, 2.75) is 20.8 Å². The minimum atomic E-state index is 0. The second kappa shape index (κ2) is 3.55. The van der Waals surface area contributed by atoms with Crippen molar-refractivity contribution in [2.75, 3.05) is 32.7 Å². The van der Waals surface area contributed by atoms with Crippen LogP contribution in [0.4, 0.5) is 0 Å². The van der Waals surface area contributed by atoms with Crippen LogP contribution in [-0.4, -0.2) is 37.6 Å². The van der Waals surface area contributed by atoms with Gasteiger partial charge < -0.3 is 10.2 Å². The van der Waals surface area contributed by atoms with Gasteiger partial charge in [0.2, 0.25) is 0 Å². The monoisotopic (exact) mass is 158 g/mol. The van der Waals surface area contributed by atoms with Gasteiger partial charge in [0.1, 0.15) is 0 Å². The van der Waals surface area contributed by atoms with E-state index in [0.29, 0.717) is 0 Å². The number of likely N-dealkylation sites (tertiary alicyclic amines) is 1. The van der Waals surface area contributed by atoms with Gasteiger partial charge in [-0.1, -0.05) is 20.8 Å². The Labute approximate surface area is 71.4 Å². The summed E-state index contributed by atoms with van der Waals surface area (Å²) in [7, 11) is 0. The molecule has 2 aliphatic heterocycles. The normalized spacial score (nSPS) is 26.5. The molecule has 1 spiro atoms. The van der Waals surface area contributed by atoms with E-state index in [1.165, 1.54) is 32.7 Å². The van der Waals surface area contributed by atoms with Gasteiger partial charge in [-0.2, -0.15) is 0 Å². The zero-order valence-electron chi connectivity index (χ0n) is 7.98. The van der Waals surface area contributed by atoms with Gasteiger partial charge >= 0.3 is 0 Å². The molecule has 2 heteroatoms. The lowest BCUT2D eigenvalue weighted by molar-refractivity contribution is -0.0357. The molecule has 2 aliphatic rings. The van der Waals surface area contributed by atoms with Crippen molar-refractivity contribution in [1.29, 1.82) is 0 Å². The van der Waals surface area contributed by atoms with Gasteiger partial charge in [-0.3, -0.25) is 0 Å². The third kappa shape index (κ3) is 1.57. The standard InChI is InChI=1S/C7H14N2.C2H6.H2/c1-2-9-5-7(6-9)3-8-4-7;1-2;/h8H,2-6H2,1H3;1-2H3;1H. The molecule has 0 aromatic heterocycles. The Hall–Kier alpha value is -0.0800. The molecule has 2 heterocycles. The highest BCUT2D eigenvalue weighted by atomic mass is 15.2. The summed E-state index contributed by atoms with van der Waals surface area (Å²) >= 11 is 0. The molecule has 2 nitrogen and oxygen atoms in total. The van der Waals surface area contributed by atoms with E-state index >= 15 is 0 Å². The molecular weight excluding hydrogens is 136 g/mol. The first-order valence-corrected chi connectivity index (χ1v) is 4.78. The number of nitrogens with one attached hydrogen (secondary N) is 1. The first-order valence-electron chi connectivity index (χ1n) is 4.78. The van der Waals surface area contributed by atoms with Crippen LogP contribution in [0.5, 0.6) is 0 Å². The summed E-state index contributed by atoms with van der Waals surface area (Å²) < 4.78 is 0. The maximum absolute atomic E-state index is 3.32. The van der Waals surface area contributed by atoms with Gasteiger partial charge in [0.25, 0.3) is 0 Å². The topological polar surface area (TPSA) is 15.3 Å². The molecule has 0 bridgehead atoms. The van der Waals surface area contributed by atoms with E-state index in [1.807, 2.05) is 13.8 Å². The van der Waals surface area contributed by atoms with Gasteiger partial charge in [0.05, 0.1) is 0 Å². The summed E-state index contributed by atoms with van der Waals surface area (Å²) in [5.74, 6) is 0. The molecule has 0 aromatic rings. The third-order valence-electron chi connectivity index (χ3n) is 2.57. The molecule has 68 valence electrons. The summed E-state index contributed by atoms with van der Waals surface area (Å²) in [5.41, 5.74) is 0.732. The smallest absolute Gasteiger partial charge is 0.0207 e. The zero-order chi connectivity index (χ0) is 8.32. The fraction of sp³-hybridized carbons (Fsp3) is 1.00. The average molecular weight is 158 g/mol. The van der Waals surface area contributed by atoms with Gasteiger partial charge in [-0.15, -0.1) is 0 Å². The zero-order valence-corrected chi connectivity index (χ0v) is 7.98. The van der Waals surface area contributed by atoms with Crippen molar-refractivity contribution >= 4 is 0 Å². The first-order chi connectivity index (χ1) is 5.35. The summed E-state index contributed by atoms with van der Waals surface area (Å²) in [6.45, 7) is 12.7. The number of hydrogen-bond acceptors (Lipinski definition) is 2. The second-order valence-corrected chi connectivity index (χ2v) is 3.41. The predicted molar refractivity (Wildman–Crippen MR) is 50.9 cm³/mol. The highest BCUT2D eigenvalue weighted by Crippen LogP contribution is 2.33. The lowest BCUT2D eigenvalue weighted by Gasteiger charge is -2.56. The molecule has 0 radical (unpaired) electrons. The van der Waals surface area contributed by atoms with Crippen LogP contribution in [0.15, 0.2) is 0 Å². The van der Waals surface area contributed by atoms with E-state index in [-0.39, 0.29) is 1.43 Å². The van der Waals surface area contributed by atoms with Crippen LogP contribution < -0.4 is 5.32 Å². The number of rotatable bonds is 1. The Morgan fingerprint density at radius 2 is 1.91 bits per heavy atom. The highest BCUT2D eigenvalue weighted by Gasteiger charge is 2.46. The molecule has 0 aromatic carbocycles. The Morgan fingerprint density at radius 3 is 2.18 bits per heavy atom. The Morgan fingerprint density at radius 1 is 1.36 bits per heavy atom. The summed E-state index contributed by atoms with van der Waals surface area (Å²) in [6.07, 6.45) is 0. The molecule has 11 heavy (non-hydrogen) atoms. The average Bonchev–Trinajstić information content (AvgIpc) is 1.87. The Balaban J connectivity index is 0.000000378. The molecule has 2 fully saturated rings. The van der Waals surface area contributed by atoms with Gasteiger partial charge in [0.15, 0.2) is 0 Å². The van der Waals surface area contributed by atoms with E-state index in [9.17, 15) is 0 Å². The molecule has 2 rings (SSSR count). The van der Waals surface area contributed by atoms with Crippen LogP contribution in [0.25, 0.3) is 0 Å². The predicted octanol–water partition coefficient (Wildman–Crippen LogP) is 1.18. The molecule has 0 atom stereocenters. The van der Waals surface area contributed by atoms with Crippen molar-refractivity contribution in [2.24, 2.45) is 5.41 Å². The summed E-state index contributed by atoms with van der Waals surface area (Å²) in [4.78, 5) is 2.50. The van der Waals surface area contributed by atoms with Crippen molar-refractivity contribution in [3.05, 3.63) is 0 Å². The van der Waals surface area contributed by atoms with E-state index in [2.05, 4.69) is 17.1 Å². The quantitative estimate of drug-likeness (QED) is 0.616. The lowest BCUT2D eigenvalue weighted by atomic mass is 9.74. The summed E-state index contributed by atoms with van der Waals surface area (Å²) in [5, 5.41) is 3.32. The molecule has 0 saturated carbocycles. The van der Waals surface area contributed by atoms with Crippen molar-refractivity contribution in [3.63, 3.8) is 0 Å². The minimum Gasteiger partial charge on any atom is -0.315 e. The van der Waals surface area contributed by atoms with Crippen molar-refractivity contribution in [3.8, 4) is 0 Å². The van der Waals surface area contributed by atoms with Gasteiger partial charge in [-0.25, -0.2) is 0 Å². The van der Waals surface area contributed by atoms with Crippen molar-refractivity contribution < 1.29 is 1.43 Å². The van der Waals surface area contributed by atoms with E-state index in [1.54, 1.807) is 0 Å². The van der Waals surface area contributed by atoms with Crippen LogP contribution in [0.2, 0.25) is 0 Å². The highest BCUT2D eigenvalue weighted by molar-refractivity contribution is 5.03. The molecule has 2 saturated heterocycles. The lowest BCUT2D eigenvalue weighted by Crippen LogP contribution is -2.70. The largest absolute Gasteiger partial charge is 0.315 e. The van der Waals surface area contributed by atoms with E-state index < -0.39 is 0 Å². The third-order valence-corrected chi connectivity index (χ3v) is 2.57. The van der Waals surface area contributed by atoms with E-state index in [0.717, 1.165) is 5.41 Å². The minimum absolute atomic E-state index is 0. The van der Waals surface area contributed by atoms with E-state index in [4.69, 9.17) is 0 Å². The van der Waals surface area contributed by atoms with Crippen LogP contribution in [0.3, 0.4) is 0 Å². The summed E-state index contributed by atoms with van der Waals surface area (Å²) in [6, 6.07) is 0. The van der Waals surface area contributed by atoms with Gasteiger partial charge in [-0.05, 0) is 6.54 Å². The fourth-order valence-corrected chi connectivity index (χ4v) is 1.83. The maximum Gasteiger partial charge on any atom is 0.0207 e. The molecule has 0 unspecified atom stereocenters. The van der Waals surface area contributed by atoms with Crippen LogP contribution >= 0.6 is 0 Å². The number of nitrogens with zero attached hydrogens (tertiary/aromatic N) is 1. The molecule has 1 N–H and O–H groups in total. The molecule has 0 aliphatic carbocycles. The fourth-order valence-electron chi connectivity index (χ4n) is 1.83.